The van der Waals surface area contributed by atoms with Crippen LogP contribution in [0.1, 0.15) is 30.3 Å². The summed E-state index contributed by atoms with van der Waals surface area (Å²) in [5.41, 5.74) is 1.68. The van der Waals surface area contributed by atoms with Gasteiger partial charge in [0, 0.05) is 4.88 Å². The number of nitrogens with zero attached hydrogens (tertiary/aromatic N) is 2. The number of carbonyl (C=O) groups is 1. The number of ether oxygens (including phenoxy) is 2. The van der Waals surface area contributed by atoms with Crippen molar-refractivity contribution < 1.29 is 14.3 Å². The summed E-state index contributed by atoms with van der Waals surface area (Å²) in [7, 11) is 1.61. The molecule has 0 fully saturated rings. The SMILES string of the molecule is CCOC(=O)C1=C(C)N=c2s/c(=C/c3ccc(OC)cc3)c(=O)n2[C@H]1c1cccs1. The molecule has 1 aliphatic rings. The Morgan fingerprint density at radius 3 is 2.67 bits per heavy atom. The molecule has 0 N–H and O–H groups in total. The highest BCUT2D eigenvalue weighted by Crippen LogP contribution is 2.33. The van der Waals surface area contributed by atoms with E-state index in [0.29, 0.717) is 20.6 Å². The van der Waals surface area contributed by atoms with Gasteiger partial charge in [-0.15, -0.1) is 11.3 Å². The summed E-state index contributed by atoms with van der Waals surface area (Å²) in [6.07, 6.45) is 1.83. The lowest BCUT2D eigenvalue weighted by molar-refractivity contribution is -0.139. The van der Waals surface area contributed by atoms with E-state index in [1.54, 1.807) is 25.5 Å². The molecular formula is C22H20N2O4S2. The van der Waals surface area contributed by atoms with E-state index in [1.165, 1.54) is 22.7 Å². The molecule has 0 saturated heterocycles. The molecule has 1 aromatic carbocycles. The Hall–Kier alpha value is -2.97. The number of thiazole rings is 1. The van der Waals surface area contributed by atoms with Crippen LogP contribution in [-0.4, -0.2) is 24.3 Å². The first-order valence-corrected chi connectivity index (χ1v) is 11.1. The van der Waals surface area contributed by atoms with Gasteiger partial charge in [-0.2, -0.15) is 0 Å². The third-order valence-corrected chi connectivity index (χ3v) is 6.65. The van der Waals surface area contributed by atoms with Gasteiger partial charge in [-0.05, 0) is 49.1 Å². The zero-order valence-corrected chi connectivity index (χ0v) is 18.4. The highest BCUT2D eigenvalue weighted by molar-refractivity contribution is 7.10. The van der Waals surface area contributed by atoms with E-state index in [2.05, 4.69) is 4.99 Å². The van der Waals surface area contributed by atoms with Crippen LogP contribution >= 0.6 is 22.7 Å². The smallest absolute Gasteiger partial charge is 0.338 e. The number of hydrogen-bond donors (Lipinski definition) is 0. The van der Waals surface area contributed by atoms with Crippen LogP contribution in [-0.2, 0) is 9.53 Å². The van der Waals surface area contributed by atoms with Crippen LogP contribution in [0.3, 0.4) is 0 Å². The Morgan fingerprint density at radius 1 is 1.27 bits per heavy atom. The number of benzene rings is 1. The molecule has 30 heavy (non-hydrogen) atoms. The van der Waals surface area contributed by atoms with Gasteiger partial charge >= 0.3 is 5.97 Å². The van der Waals surface area contributed by atoms with Crippen molar-refractivity contribution in [1.29, 1.82) is 0 Å². The Morgan fingerprint density at radius 2 is 2.03 bits per heavy atom. The van der Waals surface area contributed by atoms with Crippen molar-refractivity contribution in [3.05, 3.63) is 83.2 Å². The molecule has 1 atom stereocenters. The summed E-state index contributed by atoms with van der Waals surface area (Å²) in [5, 5.41) is 1.93. The quantitative estimate of drug-likeness (QED) is 0.572. The number of thiophene rings is 1. The number of allylic oxidation sites excluding steroid dienone is 1. The molecule has 1 aliphatic heterocycles. The average Bonchev–Trinajstić information content (AvgIpc) is 3.37. The molecule has 0 amide bonds. The fraction of sp³-hybridized carbons (Fsp3) is 0.227. The molecule has 3 heterocycles. The van der Waals surface area contributed by atoms with E-state index < -0.39 is 12.0 Å². The van der Waals surface area contributed by atoms with Gasteiger partial charge in [-0.1, -0.05) is 29.5 Å². The highest BCUT2D eigenvalue weighted by atomic mass is 32.1. The summed E-state index contributed by atoms with van der Waals surface area (Å²) >= 11 is 2.81. The summed E-state index contributed by atoms with van der Waals surface area (Å²) in [4.78, 5) is 32.1. The molecule has 8 heteroatoms. The summed E-state index contributed by atoms with van der Waals surface area (Å²) in [6, 6.07) is 10.8. The second-order valence-corrected chi connectivity index (χ2v) is 8.58. The molecule has 0 saturated carbocycles. The number of rotatable bonds is 5. The fourth-order valence-corrected chi connectivity index (χ4v) is 5.23. The molecule has 0 bridgehead atoms. The molecule has 3 aromatic rings. The lowest BCUT2D eigenvalue weighted by Gasteiger charge is -2.23. The lowest BCUT2D eigenvalue weighted by Crippen LogP contribution is -2.39. The second kappa shape index (κ2) is 8.41. The first-order valence-electron chi connectivity index (χ1n) is 9.40. The van der Waals surface area contributed by atoms with Crippen LogP contribution in [0.15, 0.2) is 62.8 Å². The van der Waals surface area contributed by atoms with E-state index in [-0.39, 0.29) is 12.2 Å². The molecular weight excluding hydrogens is 420 g/mol. The van der Waals surface area contributed by atoms with Gasteiger partial charge in [0.15, 0.2) is 4.80 Å². The Labute approximate surface area is 181 Å². The number of aromatic nitrogens is 1. The minimum absolute atomic E-state index is 0.178. The van der Waals surface area contributed by atoms with Gasteiger partial charge in [0.2, 0.25) is 0 Å². The third-order valence-electron chi connectivity index (χ3n) is 4.74. The van der Waals surface area contributed by atoms with E-state index in [0.717, 1.165) is 16.2 Å². The summed E-state index contributed by atoms with van der Waals surface area (Å²) in [5.74, 6) is 0.308. The summed E-state index contributed by atoms with van der Waals surface area (Å²) in [6.45, 7) is 3.81. The Kier molecular flexibility index (Phi) is 5.69. The van der Waals surface area contributed by atoms with Crippen LogP contribution in [0, 0.1) is 0 Å². The van der Waals surface area contributed by atoms with Crippen molar-refractivity contribution in [2.75, 3.05) is 13.7 Å². The maximum absolute atomic E-state index is 13.4. The standard InChI is InChI=1S/C22H20N2O4S2/c1-4-28-21(26)18-13(2)23-22-24(19(18)16-6-5-11-29-16)20(25)17(30-22)12-14-7-9-15(27-3)10-8-14/h5-12,19H,4H2,1-3H3/b17-12+/t19-/m0/s1. The number of esters is 1. The average molecular weight is 441 g/mol. The lowest BCUT2D eigenvalue weighted by atomic mass is 10.0. The van der Waals surface area contributed by atoms with Gasteiger partial charge in [-0.25, -0.2) is 9.79 Å². The molecule has 0 radical (unpaired) electrons. The molecule has 0 unspecified atom stereocenters. The Bertz CT molecular complexity index is 1280. The number of hydrogen-bond acceptors (Lipinski definition) is 7. The fourth-order valence-electron chi connectivity index (χ4n) is 3.36. The van der Waals surface area contributed by atoms with Gasteiger partial charge in [0.05, 0.1) is 29.5 Å². The van der Waals surface area contributed by atoms with Crippen LogP contribution < -0.4 is 19.6 Å². The minimum Gasteiger partial charge on any atom is -0.497 e. The minimum atomic E-state index is -0.543. The van der Waals surface area contributed by atoms with E-state index in [4.69, 9.17) is 9.47 Å². The van der Waals surface area contributed by atoms with Gasteiger partial charge < -0.3 is 9.47 Å². The molecule has 6 nitrogen and oxygen atoms in total. The van der Waals surface area contributed by atoms with Crippen molar-refractivity contribution in [3.8, 4) is 5.75 Å². The van der Waals surface area contributed by atoms with E-state index in [9.17, 15) is 9.59 Å². The molecule has 4 rings (SSSR count). The maximum Gasteiger partial charge on any atom is 0.338 e. The van der Waals surface area contributed by atoms with E-state index in [1.807, 2.05) is 47.9 Å². The Balaban J connectivity index is 1.90. The largest absolute Gasteiger partial charge is 0.497 e. The van der Waals surface area contributed by atoms with Gasteiger partial charge in [0.1, 0.15) is 11.8 Å². The number of carbonyl (C=O) groups excluding carboxylic acids is 1. The molecule has 2 aromatic heterocycles. The van der Waals surface area contributed by atoms with Crippen LogP contribution in [0.25, 0.3) is 6.08 Å². The van der Waals surface area contributed by atoms with Crippen LogP contribution in [0.2, 0.25) is 0 Å². The van der Waals surface area contributed by atoms with Crippen molar-refractivity contribution in [1.82, 2.24) is 4.57 Å². The van der Waals surface area contributed by atoms with Crippen LogP contribution in [0.5, 0.6) is 5.75 Å². The summed E-state index contributed by atoms with van der Waals surface area (Å²) < 4.78 is 12.6. The normalized spacial score (nSPS) is 16.2. The zero-order chi connectivity index (χ0) is 21.3. The first kappa shape index (κ1) is 20.3. The van der Waals surface area contributed by atoms with E-state index >= 15 is 0 Å². The maximum atomic E-state index is 13.4. The number of fused-ring (bicyclic) bond motifs is 1. The predicted molar refractivity (Wildman–Crippen MR) is 118 cm³/mol. The monoisotopic (exact) mass is 440 g/mol. The van der Waals surface area contributed by atoms with Gasteiger partial charge in [0.25, 0.3) is 5.56 Å². The highest BCUT2D eigenvalue weighted by Gasteiger charge is 2.33. The number of methoxy groups -OCH3 is 1. The molecule has 0 spiro atoms. The topological polar surface area (TPSA) is 69.9 Å². The van der Waals surface area contributed by atoms with Crippen molar-refractivity contribution in [2.45, 2.75) is 19.9 Å². The third kappa shape index (κ3) is 3.64. The van der Waals surface area contributed by atoms with Crippen molar-refractivity contribution in [3.63, 3.8) is 0 Å². The van der Waals surface area contributed by atoms with Crippen LogP contribution in [0.4, 0.5) is 0 Å². The molecule has 154 valence electrons. The van der Waals surface area contributed by atoms with Gasteiger partial charge in [-0.3, -0.25) is 9.36 Å². The second-order valence-electron chi connectivity index (χ2n) is 6.59. The van der Waals surface area contributed by atoms with Crippen molar-refractivity contribution in [2.24, 2.45) is 4.99 Å². The zero-order valence-electron chi connectivity index (χ0n) is 16.7. The molecule has 0 aliphatic carbocycles. The van der Waals surface area contributed by atoms with Crippen molar-refractivity contribution >= 4 is 34.7 Å². The first-order chi connectivity index (χ1) is 14.5. The predicted octanol–water partition coefficient (Wildman–Crippen LogP) is 2.87.